The second kappa shape index (κ2) is 6.15. The number of nitrogens with one attached hydrogen (secondary N) is 1. The second-order valence-corrected chi connectivity index (χ2v) is 4.17. The molecule has 1 aromatic carbocycles. The molecule has 0 aliphatic carbocycles. The van der Waals surface area contributed by atoms with Crippen molar-refractivity contribution in [3.8, 4) is 17.0 Å². The molecule has 0 aliphatic heterocycles. The number of aromatic hydroxyl groups is 1. The van der Waals surface area contributed by atoms with Crippen LogP contribution < -0.4 is 5.56 Å². The fourth-order valence-electron chi connectivity index (χ4n) is 1.87. The van der Waals surface area contributed by atoms with Crippen LogP contribution in [0.25, 0.3) is 11.1 Å². The zero-order valence-corrected chi connectivity index (χ0v) is 10.7. The summed E-state index contributed by atoms with van der Waals surface area (Å²) in [6.45, 7) is 0.588. The van der Waals surface area contributed by atoms with Crippen molar-refractivity contribution >= 4 is 0 Å². The molecule has 100 valence electrons. The third kappa shape index (κ3) is 3.20. The highest BCUT2D eigenvalue weighted by Crippen LogP contribution is 2.22. The average Bonchev–Trinajstić information content (AvgIpc) is 2.39. The lowest BCUT2D eigenvalue weighted by Gasteiger charge is -2.06. The van der Waals surface area contributed by atoms with E-state index in [1.54, 1.807) is 31.4 Å². The summed E-state index contributed by atoms with van der Waals surface area (Å²) in [5.41, 5.74) is 0.527. The van der Waals surface area contributed by atoms with Crippen molar-refractivity contribution in [1.82, 2.24) is 9.97 Å². The van der Waals surface area contributed by atoms with Crippen LogP contribution in [0.4, 0.5) is 0 Å². The molecule has 2 N–H and O–H groups in total. The maximum Gasteiger partial charge on any atom is 0.262 e. The molecule has 19 heavy (non-hydrogen) atoms. The molecule has 1 aromatic heterocycles. The van der Waals surface area contributed by atoms with Crippen LogP contribution in [0.2, 0.25) is 0 Å². The second-order valence-electron chi connectivity index (χ2n) is 4.17. The summed E-state index contributed by atoms with van der Waals surface area (Å²) >= 11 is 0. The van der Waals surface area contributed by atoms with Gasteiger partial charge in [0.1, 0.15) is 11.4 Å². The Morgan fingerprint density at radius 3 is 2.68 bits per heavy atom. The summed E-state index contributed by atoms with van der Waals surface area (Å²) in [4.78, 5) is 18.7. The Labute approximate surface area is 110 Å². The third-order valence-electron chi connectivity index (χ3n) is 2.77. The van der Waals surface area contributed by atoms with Crippen LogP contribution >= 0.6 is 0 Å². The molecule has 0 bridgehead atoms. The first-order chi connectivity index (χ1) is 9.22. The Hall–Kier alpha value is -2.14. The molecule has 5 heteroatoms. The van der Waals surface area contributed by atoms with Crippen LogP contribution in [-0.4, -0.2) is 28.8 Å². The van der Waals surface area contributed by atoms with Crippen molar-refractivity contribution in [1.29, 1.82) is 0 Å². The largest absolute Gasteiger partial charge is 0.493 e. The number of benzene rings is 1. The van der Waals surface area contributed by atoms with Gasteiger partial charge in [-0.25, -0.2) is 0 Å². The fourth-order valence-corrected chi connectivity index (χ4v) is 1.87. The molecule has 0 saturated carbocycles. The van der Waals surface area contributed by atoms with Crippen molar-refractivity contribution < 1.29 is 9.84 Å². The summed E-state index contributed by atoms with van der Waals surface area (Å²) in [6, 6.07) is 8.98. The van der Waals surface area contributed by atoms with Crippen LogP contribution in [0.15, 0.2) is 35.1 Å². The van der Waals surface area contributed by atoms with Gasteiger partial charge < -0.3 is 14.8 Å². The van der Waals surface area contributed by atoms with E-state index in [2.05, 4.69) is 9.97 Å². The summed E-state index contributed by atoms with van der Waals surface area (Å²) in [5, 5.41) is 9.92. The van der Waals surface area contributed by atoms with E-state index in [1.807, 2.05) is 6.07 Å². The number of H-pyrrole nitrogens is 1. The van der Waals surface area contributed by atoms with Crippen LogP contribution in [0.3, 0.4) is 0 Å². The summed E-state index contributed by atoms with van der Waals surface area (Å²) in [5.74, 6) is 0.238. The maximum absolute atomic E-state index is 12.0. The monoisotopic (exact) mass is 260 g/mol. The number of aromatic nitrogens is 2. The van der Waals surface area contributed by atoms with Crippen molar-refractivity contribution in [2.24, 2.45) is 0 Å². The number of methoxy groups -OCH3 is 1. The predicted molar refractivity (Wildman–Crippen MR) is 72.2 cm³/mol. The first-order valence-corrected chi connectivity index (χ1v) is 6.09. The molecular weight excluding hydrogens is 244 g/mol. The smallest absolute Gasteiger partial charge is 0.262 e. The van der Waals surface area contributed by atoms with Crippen molar-refractivity contribution in [2.75, 3.05) is 13.7 Å². The highest BCUT2D eigenvalue weighted by Gasteiger charge is 2.12. The van der Waals surface area contributed by atoms with Gasteiger partial charge in [0.2, 0.25) is 5.88 Å². The normalized spacial score (nSPS) is 10.6. The summed E-state index contributed by atoms with van der Waals surface area (Å²) < 4.78 is 4.93. The minimum absolute atomic E-state index is 0.205. The van der Waals surface area contributed by atoms with Gasteiger partial charge in [0.15, 0.2) is 0 Å². The van der Waals surface area contributed by atoms with E-state index in [9.17, 15) is 9.90 Å². The lowest BCUT2D eigenvalue weighted by molar-refractivity contribution is 0.194. The van der Waals surface area contributed by atoms with E-state index >= 15 is 0 Å². The van der Waals surface area contributed by atoms with E-state index in [-0.39, 0.29) is 17.0 Å². The Morgan fingerprint density at radius 1 is 1.32 bits per heavy atom. The van der Waals surface area contributed by atoms with Gasteiger partial charge in [0.05, 0.1) is 0 Å². The minimum atomic E-state index is -0.328. The molecule has 0 spiro atoms. The zero-order valence-electron chi connectivity index (χ0n) is 10.7. The molecule has 0 radical (unpaired) electrons. The number of aryl methyl sites for hydroxylation is 1. The van der Waals surface area contributed by atoms with Crippen molar-refractivity contribution in [3.05, 3.63) is 46.5 Å². The highest BCUT2D eigenvalue weighted by molar-refractivity contribution is 5.66. The maximum atomic E-state index is 12.0. The van der Waals surface area contributed by atoms with Crippen LogP contribution in [-0.2, 0) is 11.2 Å². The molecule has 0 atom stereocenters. The molecule has 5 nitrogen and oxygen atoms in total. The third-order valence-corrected chi connectivity index (χ3v) is 2.77. The molecule has 0 fully saturated rings. The number of hydrogen-bond acceptors (Lipinski definition) is 4. The molecule has 0 saturated heterocycles. The lowest BCUT2D eigenvalue weighted by atomic mass is 10.1. The number of aromatic amines is 1. The van der Waals surface area contributed by atoms with Gasteiger partial charge in [-0.2, -0.15) is 4.98 Å². The standard InChI is InChI=1S/C14H16N2O3/c1-19-9-5-8-11-15-13(17)12(14(18)16-11)10-6-3-2-4-7-10/h2-4,6-7H,5,8-9H2,1H3,(H2,15,16,17,18). The summed E-state index contributed by atoms with van der Waals surface area (Å²) in [7, 11) is 1.62. The first-order valence-electron chi connectivity index (χ1n) is 6.09. The highest BCUT2D eigenvalue weighted by atomic mass is 16.5. The van der Waals surface area contributed by atoms with E-state index < -0.39 is 0 Å². The number of hydrogen-bond donors (Lipinski definition) is 2. The van der Waals surface area contributed by atoms with E-state index in [4.69, 9.17) is 4.74 Å². The van der Waals surface area contributed by atoms with Gasteiger partial charge in [0.25, 0.3) is 5.56 Å². The molecule has 2 rings (SSSR count). The molecule has 0 amide bonds. The van der Waals surface area contributed by atoms with Gasteiger partial charge in [-0.3, -0.25) is 4.79 Å². The van der Waals surface area contributed by atoms with Crippen molar-refractivity contribution in [2.45, 2.75) is 12.8 Å². The van der Waals surface area contributed by atoms with E-state index in [0.29, 0.717) is 24.4 Å². The van der Waals surface area contributed by atoms with Crippen LogP contribution in [0, 0.1) is 0 Å². The molecule has 0 unspecified atom stereocenters. The quantitative estimate of drug-likeness (QED) is 0.803. The molecule has 1 heterocycles. The lowest BCUT2D eigenvalue weighted by Crippen LogP contribution is -2.14. The Morgan fingerprint density at radius 2 is 2.05 bits per heavy atom. The fraction of sp³-hybridized carbons (Fsp3) is 0.286. The van der Waals surface area contributed by atoms with Gasteiger partial charge in [-0.15, -0.1) is 0 Å². The van der Waals surface area contributed by atoms with Crippen LogP contribution in [0.1, 0.15) is 12.2 Å². The first kappa shape index (κ1) is 13.3. The molecule has 2 aromatic rings. The number of rotatable bonds is 5. The van der Waals surface area contributed by atoms with Gasteiger partial charge in [-0.05, 0) is 12.0 Å². The van der Waals surface area contributed by atoms with E-state index in [0.717, 1.165) is 6.42 Å². The average molecular weight is 260 g/mol. The number of nitrogens with zero attached hydrogens (tertiary/aromatic N) is 1. The topological polar surface area (TPSA) is 75.2 Å². The van der Waals surface area contributed by atoms with Gasteiger partial charge in [0, 0.05) is 20.1 Å². The summed E-state index contributed by atoms with van der Waals surface area (Å²) in [6.07, 6.45) is 1.30. The predicted octanol–water partition coefficient (Wildman–Crippen LogP) is 1.72. The Kier molecular flexibility index (Phi) is 4.30. The van der Waals surface area contributed by atoms with Crippen LogP contribution in [0.5, 0.6) is 5.88 Å². The minimum Gasteiger partial charge on any atom is -0.493 e. The molecule has 0 aliphatic rings. The zero-order chi connectivity index (χ0) is 13.7. The van der Waals surface area contributed by atoms with Crippen molar-refractivity contribution in [3.63, 3.8) is 0 Å². The van der Waals surface area contributed by atoms with E-state index in [1.165, 1.54) is 0 Å². The number of ether oxygens (including phenoxy) is 1. The van der Waals surface area contributed by atoms with Gasteiger partial charge in [-0.1, -0.05) is 30.3 Å². The van der Waals surface area contributed by atoms with Gasteiger partial charge >= 0.3 is 0 Å². The SMILES string of the molecule is COCCCc1nc(O)c(-c2ccccc2)c(=O)[nH]1. The Bertz CT molecular complexity index is 593. The molecular formula is C14H16N2O3. The Balaban J connectivity index is 2.30.